The standard InChI is InChI=1S/C15H10N4O2/c1-8-11-12-10(7-16-13(11)18-17-8)14(20)19(15(12)21)9-5-3-2-4-6-9/h2-7H,1H3,(H,16,17,18). The largest absolute Gasteiger partial charge is 0.280 e. The van der Waals surface area contributed by atoms with Crippen LogP contribution in [0.4, 0.5) is 5.69 Å². The summed E-state index contributed by atoms with van der Waals surface area (Å²) in [7, 11) is 0. The van der Waals surface area contributed by atoms with Crippen LogP contribution in [-0.4, -0.2) is 27.0 Å². The van der Waals surface area contributed by atoms with Crippen LogP contribution in [0.5, 0.6) is 0 Å². The maximum Gasteiger partial charge on any atom is 0.267 e. The van der Waals surface area contributed by atoms with E-state index in [0.29, 0.717) is 27.8 Å². The van der Waals surface area contributed by atoms with Crippen LogP contribution < -0.4 is 4.90 Å². The van der Waals surface area contributed by atoms with Crippen LogP contribution in [-0.2, 0) is 0 Å². The highest BCUT2D eigenvalue weighted by Crippen LogP contribution is 2.32. The fourth-order valence-electron chi connectivity index (χ4n) is 2.65. The van der Waals surface area contributed by atoms with E-state index in [1.807, 2.05) is 6.07 Å². The van der Waals surface area contributed by atoms with E-state index in [-0.39, 0.29) is 11.8 Å². The number of para-hydroxylation sites is 1. The van der Waals surface area contributed by atoms with Crippen molar-refractivity contribution in [2.24, 2.45) is 0 Å². The van der Waals surface area contributed by atoms with E-state index in [1.165, 1.54) is 11.1 Å². The second-order valence-corrected chi connectivity index (χ2v) is 4.88. The first kappa shape index (κ1) is 11.8. The molecule has 1 aliphatic rings. The smallest absolute Gasteiger partial charge is 0.267 e. The molecule has 0 aliphatic carbocycles. The maximum absolute atomic E-state index is 12.7. The number of carbonyl (C=O) groups is 2. The molecule has 0 fully saturated rings. The van der Waals surface area contributed by atoms with E-state index in [4.69, 9.17) is 0 Å². The van der Waals surface area contributed by atoms with Gasteiger partial charge in [-0.15, -0.1) is 0 Å². The lowest BCUT2D eigenvalue weighted by Crippen LogP contribution is -2.29. The lowest BCUT2D eigenvalue weighted by molar-refractivity contribution is 0.0926. The Morgan fingerprint density at radius 3 is 2.62 bits per heavy atom. The van der Waals surface area contributed by atoms with Gasteiger partial charge in [-0.25, -0.2) is 9.88 Å². The number of hydrogen-bond donors (Lipinski definition) is 1. The van der Waals surface area contributed by atoms with E-state index < -0.39 is 0 Å². The SMILES string of the molecule is Cc1[nH]nc2ncc3c(c12)C(=O)N(c1ccccc1)C3=O. The van der Waals surface area contributed by atoms with Crippen LogP contribution >= 0.6 is 0 Å². The second-order valence-electron chi connectivity index (χ2n) is 4.88. The number of aromatic nitrogens is 3. The molecule has 3 heterocycles. The second kappa shape index (κ2) is 3.99. The summed E-state index contributed by atoms with van der Waals surface area (Å²) in [6.07, 6.45) is 1.42. The molecule has 0 saturated heterocycles. The number of pyridine rings is 1. The summed E-state index contributed by atoms with van der Waals surface area (Å²) in [6.45, 7) is 1.81. The summed E-state index contributed by atoms with van der Waals surface area (Å²) < 4.78 is 0. The Bertz CT molecular complexity index is 899. The van der Waals surface area contributed by atoms with Crippen molar-refractivity contribution in [3.63, 3.8) is 0 Å². The van der Waals surface area contributed by atoms with Gasteiger partial charge in [0.25, 0.3) is 11.8 Å². The third-order valence-corrected chi connectivity index (χ3v) is 3.63. The molecule has 6 heteroatoms. The number of nitrogens with one attached hydrogen (secondary N) is 1. The quantitative estimate of drug-likeness (QED) is 0.691. The minimum Gasteiger partial charge on any atom is -0.280 e. The normalized spacial score (nSPS) is 14.0. The van der Waals surface area contributed by atoms with Crippen molar-refractivity contribution in [2.45, 2.75) is 6.92 Å². The molecule has 0 unspecified atom stereocenters. The van der Waals surface area contributed by atoms with Gasteiger partial charge in [0.15, 0.2) is 5.65 Å². The number of hydrogen-bond acceptors (Lipinski definition) is 4. The predicted molar refractivity (Wildman–Crippen MR) is 76.2 cm³/mol. The first-order valence-electron chi connectivity index (χ1n) is 6.46. The Morgan fingerprint density at radius 2 is 1.86 bits per heavy atom. The average molecular weight is 278 g/mol. The lowest BCUT2D eigenvalue weighted by Gasteiger charge is -2.13. The van der Waals surface area contributed by atoms with Crippen molar-refractivity contribution >= 4 is 28.5 Å². The summed E-state index contributed by atoms with van der Waals surface area (Å²) >= 11 is 0. The summed E-state index contributed by atoms with van der Waals surface area (Å²) in [5.41, 5.74) is 2.42. The number of aromatic amines is 1. The van der Waals surface area contributed by atoms with Gasteiger partial charge in [0, 0.05) is 11.9 Å². The zero-order valence-electron chi connectivity index (χ0n) is 11.1. The summed E-state index contributed by atoms with van der Waals surface area (Å²) in [5, 5.41) is 7.45. The Morgan fingerprint density at radius 1 is 1.10 bits per heavy atom. The highest BCUT2D eigenvalue weighted by Gasteiger charge is 2.39. The third-order valence-electron chi connectivity index (χ3n) is 3.63. The third kappa shape index (κ3) is 1.47. The number of imide groups is 1. The van der Waals surface area contributed by atoms with Gasteiger partial charge in [-0.1, -0.05) is 18.2 Å². The molecule has 2 aromatic heterocycles. The number of anilines is 1. The molecule has 0 bridgehead atoms. The molecule has 1 N–H and O–H groups in total. The Balaban J connectivity index is 1.99. The minimum absolute atomic E-state index is 0.320. The highest BCUT2D eigenvalue weighted by atomic mass is 16.2. The fourth-order valence-corrected chi connectivity index (χ4v) is 2.65. The van der Waals surface area contributed by atoms with Gasteiger partial charge < -0.3 is 0 Å². The maximum atomic E-state index is 12.7. The molecule has 102 valence electrons. The number of rotatable bonds is 1. The molecule has 0 saturated carbocycles. The van der Waals surface area contributed by atoms with Crippen molar-refractivity contribution in [1.82, 2.24) is 15.2 Å². The zero-order valence-corrected chi connectivity index (χ0v) is 11.1. The Labute approximate surface area is 119 Å². The molecule has 3 aromatic rings. The first-order chi connectivity index (χ1) is 10.2. The van der Waals surface area contributed by atoms with Crippen molar-refractivity contribution in [2.75, 3.05) is 4.90 Å². The molecule has 0 radical (unpaired) electrons. The van der Waals surface area contributed by atoms with Crippen LogP contribution in [0.2, 0.25) is 0 Å². The van der Waals surface area contributed by atoms with Crippen molar-refractivity contribution in [1.29, 1.82) is 0 Å². The van der Waals surface area contributed by atoms with Gasteiger partial charge in [-0.2, -0.15) is 5.10 Å². The van der Waals surface area contributed by atoms with Gasteiger partial charge >= 0.3 is 0 Å². The number of benzene rings is 1. The summed E-state index contributed by atoms with van der Waals surface area (Å²) in [5.74, 6) is -0.686. The number of fused-ring (bicyclic) bond motifs is 3. The van der Waals surface area contributed by atoms with E-state index in [9.17, 15) is 9.59 Å². The lowest BCUT2D eigenvalue weighted by atomic mass is 10.1. The van der Waals surface area contributed by atoms with E-state index in [1.54, 1.807) is 31.2 Å². The predicted octanol–water partition coefficient (Wildman–Crippen LogP) is 2.07. The number of H-pyrrole nitrogens is 1. The number of aryl methyl sites for hydroxylation is 1. The summed E-state index contributed by atoms with van der Waals surface area (Å²) in [4.78, 5) is 30.5. The molecule has 1 aliphatic heterocycles. The monoisotopic (exact) mass is 278 g/mol. The van der Waals surface area contributed by atoms with Crippen LogP contribution in [0.15, 0.2) is 36.5 Å². The van der Waals surface area contributed by atoms with E-state index in [0.717, 1.165) is 5.69 Å². The number of nitrogens with zero attached hydrogens (tertiary/aromatic N) is 3. The Kier molecular flexibility index (Phi) is 2.24. The Hall–Kier alpha value is -3.02. The number of carbonyl (C=O) groups excluding carboxylic acids is 2. The van der Waals surface area contributed by atoms with Crippen LogP contribution in [0.1, 0.15) is 26.4 Å². The summed E-state index contributed by atoms with van der Waals surface area (Å²) in [6, 6.07) is 8.87. The average Bonchev–Trinajstić information content (AvgIpc) is 2.99. The van der Waals surface area contributed by atoms with Crippen LogP contribution in [0.25, 0.3) is 11.0 Å². The van der Waals surface area contributed by atoms with Gasteiger partial charge in [0.1, 0.15) is 0 Å². The first-order valence-corrected chi connectivity index (χ1v) is 6.46. The highest BCUT2D eigenvalue weighted by molar-refractivity contribution is 6.37. The molecule has 4 rings (SSSR count). The van der Waals surface area contributed by atoms with Crippen molar-refractivity contribution in [3.8, 4) is 0 Å². The van der Waals surface area contributed by atoms with Gasteiger partial charge in [0.05, 0.1) is 22.2 Å². The molecule has 1 aromatic carbocycles. The van der Waals surface area contributed by atoms with Gasteiger partial charge in [0.2, 0.25) is 0 Å². The molecular weight excluding hydrogens is 268 g/mol. The van der Waals surface area contributed by atoms with E-state index >= 15 is 0 Å². The topological polar surface area (TPSA) is 79.0 Å². The van der Waals surface area contributed by atoms with Crippen molar-refractivity contribution in [3.05, 3.63) is 53.3 Å². The van der Waals surface area contributed by atoms with Gasteiger partial charge in [-0.05, 0) is 19.1 Å². The molecule has 21 heavy (non-hydrogen) atoms. The zero-order chi connectivity index (χ0) is 14.6. The molecule has 2 amide bonds. The fraction of sp³-hybridized carbons (Fsp3) is 0.0667. The van der Waals surface area contributed by atoms with E-state index in [2.05, 4.69) is 15.2 Å². The number of amides is 2. The molecule has 0 spiro atoms. The van der Waals surface area contributed by atoms with Crippen LogP contribution in [0.3, 0.4) is 0 Å². The van der Waals surface area contributed by atoms with Crippen molar-refractivity contribution < 1.29 is 9.59 Å². The van der Waals surface area contributed by atoms with Crippen LogP contribution in [0, 0.1) is 6.92 Å². The van der Waals surface area contributed by atoms with Gasteiger partial charge in [-0.3, -0.25) is 14.7 Å². The molecule has 6 nitrogen and oxygen atoms in total. The molecular formula is C15H10N4O2. The minimum atomic E-state index is -0.351. The molecule has 0 atom stereocenters.